The number of ether oxygens (including phenoxy) is 1. The van der Waals surface area contributed by atoms with Crippen molar-refractivity contribution in [3.05, 3.63) is 0 Å². The smallest absolute Gasteiger partial charge is 0.325 e. The van der Waals surface area contributed by atoms with Crippen LogP contribution in [0.5, 0.6) is 0 Å². The Bertz CT molecular complexity index is 507. The lowest BCUT2D eigenvalue weighted by molar-refractivity contribution is -0.137. The lowest BCUT2D eigenvalue weighted by Gasteiger charge is -2.37. The maximum atomic E-state index is 12.1. The molecule has 0 aliphatic carbocycles. The molecular weight excluding hydrogens is 296 g/mol. The molecule has 9 heteroatoms. The molecule has 1 saturated heterocycles. The van der Waals surface area contributed by atoms with Gasteiger partial charge in [-0.3, -0.25) is 14.9 Å². The molecule has 1 N–H and O–H groups in total. The topological polar surface area (TPSA) is 91.3 Å². The number of fused-ring (bicyclic) bond motifs is 1. The number of rotatable bonds is 3. The largest absolute Gasteiger partial charge is 0.468 e. The minimum absolute atomic E-state index is 0.0104. The van der Waals surface area contributed by atoms with E-state index in [0.29, 0.717) is 5.17 Å². The number of amides is 3. The zero-order chi connectivity index (χ0) is 15.7. The normalized spacial score (nSPS) is 24.9. The molecule has 0 radical (unpaired) electrons. The van der Waals surface area contributed by atoms with E-state index < -0.39 is 18.2 Å². The maximum Gasteiger partial charge on any atom is 0.325 e. The Balaban J connectivity index is 2.24. The second kappa shape index (κ2) is 5.92. The number of likely N-dealkylation sites (N-methyl/N-ethyl adjacent to an activating group) is 1. The van der Waals surface area contributed by atoms with Crippen LogP contribution in [0.25, 0.3) is 0 Å². The van der Waals surface area contributed by atoms with Crippen molar-refractivity contribution in [2.75, 3.05) is 19.9 Å². The number of amidine groups is 1. The number of imide groups is 1. The van der Waals surface area contributed by atoms with E-state index in [9.17, 15) is 14.4 Å². The third-order valence-electron chi connectivity index (χ3n) is 3.36. The van der Waals surface area contributed by atoms with Crippen molar-refractivity contribution in [1.82, 2.24) is 15.1 Å². The molecule has 2 aliphatic heterocycles. The van der Waals surface area contributed by atoms with Gasteiger partial charge < -0.3 is 14.5 Å². The Hall–Kier alpha value is -1.77. The highest BCUT2D eigenvalue weighted by Gasteiger charge is 2.49. The maximum absolute atomic E-state index is 12.1. The number of esters is 1. The fraction of sp³-hybridized carbons (Fsp3) is 0.667. The summed E-state index contributed by atoms with van der Waals surface area (Å²) in [6.07, 6.45) is -0.561. The van der Waals surface area contributed by atoms with E-state index in [2.05, 4.69) is 15.0 Å². The fourth-order valence-corrected chi connectivity index (χ4v) is 3.32. The van der Waals surface area contributed by atoms with Crippen LogP contribution in [0.1, 0.15) is 13.8 Å². The molecule has 2 rings (SSSR count). The molecule has 0 aromatic heterocycles. The molecule has 2 heterocycles. The summed E-state index contributed by atoms with van der Waals surface area (Å²) in [5.41, 5.74) is 0. The Labute approximate surface area is 126 Å². The average Bonchev–Trinajstić information content (AvgIpc) is 2.82. The van der Waals surface area contributed by atoms with Gasteiger partial charge >= 0.3 is 12.0 Å². The molecule has 0 bridgehead atoms. The summed E-state index contributed by atoms with van der Waals surface area (Å²) >= 11 is 1.21. The summed E-state index contributed by atoms with van der Waals surface area (Å²) < 4.78 is 4.61. The highest BCUT2D eigenvalue weighted by molar-refractivity contribution is 8.14. The van der Waals surface area contributed by atoms with Crippen molar-refractivity contribution in [3.63, 3.8) is 0 Å². The van der Waals surface area contributed by atoms with Crippen LogP contribution in [0.3, 0.4) is 0 Å². The van der Waals surface area contributed by atoms with Gasteiger partial charge in [0.1, 0.15) is 0 Å². The first-order chi connectivity index (χ1) is 9.86. The first-order valence-corrected chi connectivity index (χ1v) is 7.48. The van der Waals surface area contributed by atoms with Crippen LogP contribution in [0.2, 0.25) is 0 Å². The second-order valence-electron chi connectivity index (χ2n) is 5.04. The Kier molecular flexibility index (Phi) is 4.40. The van der Waals surface area contributed by atoms with Crippen LogP contribution in [0.15, 0.2) is 4.99 Å². The number of nitrogens with zero attached hydrogens (tertiary/aromatic N) is 3. The average molecular weight is 314 g/mol. The molecule has 2 aliphatic rings. The van der Waals surface area contributed by atoms with Gasteiger partial charge in [-0.25, -0.2) is 9.79 Å². The van der Waals surface area contributed by atoms with E-state index in [1.807, 2.05) is 18.7 Å². The van der Waals surface area contributed by atoms with Crippen LogP contribution in [-0.4, -0.2) is 71.0 Å². The van der Waals surface area contributed by atoms with Crippen molar-refractivity contribution in [1.29, 1.82) is 0 Å². The van der Waals surface area contributed by atoms with Gasteiger partial charge in [0.05, 0.1) is 12.9 Å². The molecule has 0 saturated carbocycles. The van der Waals surface area contributed by atoms with E-state index in [1.165, 1.54) is 23.8 Å². The van der Waals surface area contributed by atoms with Gasteiger partial charge in [-0.15, -0.1) is 0 Å². The van der Waals surface area contributed by atoms with Crippen molar-refractivity contribution >= 4 is 34.8 Å². The Morgan fingerprint density at radius 1 is 1.48 bits per heavy atom. The second-order valence-corrected chi connectivity index (χ2v) is 5.98. The highest BCUT2D eigenvalue weighted by Crippen LogP contribution is 2.30. The predicted octanol–water partition coefficient (Wildman–Crippen LogP) is -0.151. The molecule has 2 unspecified atom stereocenters. The number of carbonyl (C=O) groups is 3. The molecule has 1 fully saturated rings. The standard InChI is InChI=1S/C12H18N4O4S/c1-6(2)16-8-9(15(3)11(19)14-10(8)18)13-12(16)21-5-7(17)20-4/h6,8-9H,5H2,1-4H3,(H,14,18,19). The highest BCUT2D eigenvalue weighted by atomic mass is 32.2. The third kappa shape index (κ3) is 2.82. The summed E-state index contributed by atoms with van der Waals surface area (Å²) in [7, 11) is 2.91. The van der Waals surface area contributed by atoms with Crippen LogP contribution < -0.4 is 5.32 Å². The molecular formula is C12H18N4O4S. The SMILES string of the molecule is COC(=O)CSC1=NC2C(C(=O)NC(=O)N2C)N1C(C)C. The molecule has 2 atom stereocenters. The zero-order valence-electron chi connectivity index (χ0n) is 12.3. The van der Waals surface area contributed by atoms with Gasteiger partial charge in [-0.1, -0.05) is 11.8 Å². The van der Waals surface area contributed by atoms with Gasteiger partial charge in [0.25, 0.3) is 5.91 Å². The number of urea groups is 1. The van der Waals surface area contributed by atoms with E-state index >= 15 is 0 Å². The first-order valence-electron chi connectivity index (χ1n) is 6.50. The van der Waals surface area contributed by atoms with Crippen molar-refractivity contribution < 1.29 is 19.1 Å². The summed E-state index contributed by atoms with van der Waals surface area (Å²) in [6, 6.07) is -1.02. The van der Waals surface area contributed by atoms with E-state index in [-0.39, 0.29) is 23.7 Å². The Morgan fingerprint density at radius 2 is 2.14 bits per heavy atom. The first kappa shape index (κ1) is 15.6. The third-order valence-corrected chi connectivity index (χ3v) is 4.32. The van der Waals surface area contributed by atoms with E-state index in [1.54, 1.807) is 7.05 Å². The van der Waals surface area contributed by atoms with Gasteiger partial charge in [0.15, 0.2) is 17.4 Å². The molecule has 0 aromatic carbocycles. The van der Waals surface area contributed by atoms with Crippen LogP contribution in [0, 0.1) is 0 Å². The van der Waals surface area contributed by atoms with Gasteiger partial charge in [-0.05, 0) is 13.8 Å². The van der Waals surface area contributed by atoms with Crippen molar-refractivity contribution in [2.24, 2.45) is 4.99 Å². The van der Waals surface area contributed by atoms with Crippen LogP contribution in [-0.2, 0) is 14.3 Å². The number of thioether (sulfide) groups is 1. The molecule has 3 amide bonds. The van der Waals surface area contributed by atoms with Gasteiger partial charge in [0.2, 0.25) is 0 Å². The number of nitrogens with one attached hydrogen (secondary N) is 1. The van der Waals surface area contributed by atoms with Crippen molar-refractivity contribution in [2.45, 2.75) is 32.1 Å². The fourth-order valence-electron chi connectivity index (χ4n) is 2.30. The zero-order valence-corrected chi connectivity index (χ0v) is 13.1. The molecule has 116 valence electrons. The molecule has 0 aromatic rings. The minimum Gasteiger partial charge on any atom is -0.468 e. The summed E-state index contributed by atoms with van der Waals surface area (Å²) in [6.45, 7) is 3.86. The van der Waals surface area contributed by atoms with Gasteiger partial charge in [0, 0.05) is 13.1 Å². The summed E-state index contributed by atoms with van der Waals surface area (Å²) in [5.74, 6) is -0.624. The summed E-state index contributed by atoms with van der Waals surface area (Å²) in [5, 5.41) is 2.89. The van der Waals surface area contributed by atoms with Crippen LogP contribution in [0.4, 0.5) is 4.79 Å². The summed E-state index contributed by atoms with van der Waals surface area (Å²) in [4.78, 5) is 42.7. The van der Waals surface area contributed by atoms with Crippen LogP contribution >= 0.6 is 11.8 Å². The number of hydrogen-bond acceptors (Lipinski definition) is 7. The number of methoxy groups -OCH3 is 1. The number of hydrogen-bond donors (Lipinski definition) is 1. The predicted molar refractivity (Wildman–Crippen MR) is 77.8 cm³/mol. The monoisotopic (exact) mass is 314 g/mol. The number of carbonyl (C=O) groups excluding carboxylic acids is 3. The lowest BCUT2D eigenvalue weighted by atomic mass is 10.1. The Morgan fingerprint density at radius 3 is 2.71 bits per heavy atom. The number of aliphatic imine (C=N–C) groups is 1. The quantitative estimate of drug-likeness (QED) is 0.729. The van der Waals surface area contributed by atoms with E-state index in [0.717, 1.165) is 0 Å². The van der Waals surface area contributed by atoms with Gasteiger partial charge in [-0.2, -0.15) is 0 Å². The minimum atomic E-state index is -0.562. The van der Waals surface area contributed by atoms with E-state index in [4.69, 9.17) is 0 Å². The molecule has 21 heavy (non-hydrogen) atoms. The molecule has 0 spiro atoms. The lowest BCUT2D eigenvalue weighted by Crippen LogP contribution is -2.64. The molecule has 8 nitrogen and oxygen atoms in total. The van der Waals surface area contributed by atoms with Crippen molar-refractivity contribution in [3.8, 4) is 0 Å².